The maximum Gasteiger partial charge on any atom is 0.165 e. The minimum absolute atomic E-state index is 0.327. The summed E-state index contributed by atoms with van der Waals surface area (Å²) in [6, 6.07) is 14.5. The molecule has 0 radical (unpaired) electrons. The number of nitrogens with zero attached hydrogens (tertiary/aromatic N) is 9. The van der Waals surface area contributed by atoms with E-state index in [4.69, 9.17) is 22.1 Å². The fourth-order valence-electron chi connectivity index (χ4n) is 5.68. The lowest BCUT2D eigenvalue weighted by Crippen LogP contribution is -2.11. The molecular formula is C31H34ClN9. The molecule has 2 aromatic carbocycles. The second-order valence-electron chi connectivity index (χ2n) is 11.1. The monoisotopic (exact) mass is 567 g/mol. The molecule has 0 bridgehead atoms. The van der Waals surface area contributed by atoms with Gasteiger partial charge in [0.05, 0.1) is 17.6 Å². The third-order valence-corrected chi connectivity index (χ3v) is 8.33. The van der Waals surface area contributed by atoms with Crippen LogP contribution in [0.15, 0.2) is 65.0 Å². The van der Waals surface area contributed by atoms with Crippen molar-refractivity contribution in [2.24, 2.45) is 10.1 Å². The molecule has 41 heavy (non-hydrogen) atoms. The lowest BCUT2D eigenvalue weighted by molar-refractivity contribution is 0.521. The molecule has 6 rings (SSSR count). The molecule has 0 unspecified atom stereocenters. The van der Waals surface area contributed by atoms with Gasteiger partial charge in [0.2, 0.25) is 0 Å². The normalized spacial score (nSPS) is 14.6. The zero-order valence-corrected chi connectivity index (χ0v) is 24.1. The minimum Gasteiger partial charge on any atom is -0.280 e. The quantitative estimate of drug-likeness (QED) is 0.0748. The Balaban J connectivity index is 1.20. The number of aromatic nitrogens is 5. The molecular weight excluding hydrogens is 534 g/mol. The van der Waals surface area contributed by atoms with E-state index in [1.807, 2.05) is 37.4 Å². The van der Waals surface area contributed by atoms with Gasteiger partial charge in [-0.2, -0.15) is 5.10 Å². The van der Waals surface area contributed by atoms with Crippen molar-refractivity contribution in [1.82, 2.24) is 24.5 Å². The van der Waals surface area contributed by atoms with Crippen molar-refractivity contribution in [2.45, 2.75) is 76.8 Å². The first-order chi connectivity index (χ1) is 20.1. The Kier molecular flexibility index (Phi) is 7.90. The van der Waals surface area contributed by atoms with Crippen LogP contribution in [0, 0.1) is 6.92 Å². The maximum atomic E-state index is 8.34. The first kappa shape index (κ1) is 27.2. The van der Waals surface area contributed by atoms with Gasteiger partial charge in [0.15, 0.2) is 5.82 Å². The highest BCUT2D eigenvalue weighted by Gasteiger charge is 2.51. The van der Waals surface area contributed by atoms with Crippen LogP contribution in [0.1, 0.15) is 80.6 Å². The lowest BCUT2D eigenvalue weighted by atomic mass is 9.96. The summed E-state index contributed by atoms with van der Waals surface area (Å²) >= 11 is 6.24. The second kappa shape index (κ2) is 11.9. The van der Waals surface area contributed by atoms with Gasteiger partial charge in [-0.05, 0) is 68.0 Å². The van der Waals surface area contributed by atoms with Crippen molar-refractivity contribution in [2.75, 3.05) is 6.54 Å². The predicted molar refractivity (Wildman–Crippen MR) is 162 cm³/mol. The number of aliphatic imine (C=N–C) groups is 1. The molecule has 2 aliphatic rings. The molecule has 1 aliphatic heterocycles. The first-order valence-corrected chi connectivity index (χ1v) is 14.9. The third kappa shape index (κ3) is 5.78. The number of hydrogen-bond acceptors (Lipinski definition) is 5. The SMILES string of the molecule is Cc1nnc2n1-c1ccc(-c3cnn(CCCCCCCCCN=[N+]=[N-])c3)cc1C(c1ccc(Cl)cc1)=NC21CC1. The van der Waals surface area contributed by atoms with Crippen LogP contribution in [0.4, 0.5) is 0 Å². The van der Waals surface area contributed by atoms with Crippen molar-refractivity contribution >= 4 is 17.3 Å². The zero-order valence-electron chi connectivity index (χ0n) is 23.4. The number of rotatable bonds is 12. The van der Waals surface area contributed by atoms with E-state index in [-0.39, 0.29) is 5.54 Å². The number of hydrogen-bond donors (Lipinski definition) is 0. The van der Waals surface area contributed by atoms with Crippen molar-refractivity contribution < 1.29 is 0 Å². The second-order valence-corrected chi connectivity index (χ2v) is 11.5. The van der Waals surface area contributed by atoms with Crippen LogP contribution < -0.4 is 0 Å². The molecule has 1 spiro atoms. The molecule has 9 nitrogen and oxygen atoms in total. The van der Waals surface area contributed by atoms with Crippen LogP contribution in [0.2, 0.25) is 5.02 Å². The largest absolute Gasteiger partial charge is 0.280 e. The van der Waals surface area contributed by atoms with E-state index >= 15 is 0 Å². The smallest absolute Gasteiger partial charge is 0.165 e. The van der Waals surface area contributed by atoms with Crippen molar-refractivity contribution in [3.8, 4) is 16.8 Å². The number of halogens is 1. The Morgan fingerprint density at radius 3 is 2.41 bits per heavy atom. The number of azide groups is 1. The maximum absolute atomic E-state index is 8.34. The molecule has 0 saturated heterocycles. The van der Waals surface area contributed by atoms with Gasteiger partial charge in [-0.1, -0.05) is 67.0 Å². The van der Waals surface area contributed by atoms with Gasteiger partial charge in [-0.25, -0.2) is 0 Å². The zero-order chi connectivity index (χ0) is 28.2. The van der Waals surface area contributed by atoms with E-state index < -0.39 is 0 Å². The van der Waals surface area contributed by atoms with E-state index in [0.29, 0.717) is 11.6 Å². The van der Waals surface area contributed by atoms with Gasteiger partial charge in [-0.15, -0.1) is 10.2 Å². The molecule has 2 aromatic heterocycles. The molecule has 3 heterocycles. The average Bonchev–Trinajstić information content (AvgIpc) is 3.46. The van der Waals surface area contributed by atoms with E-state index in [9.17, 15) is 0 Å². The van der Waals surface area contributed by atoms with E-state index in [1.165, 1.54) is 25.7 Å². The summed E-state index contributed by atoms with van der Waals surface area (Å²) in [6.45, 7) is 3.53. The standard InChI is InChI=1S/C31H34ClN9/c1-22-37-38-30-31(15-16-31)36-29(23-9-12-26(32)13-10-23)27-19-24(11-14-28(27)41(22)30)25-20-35-40(21-25)18-8-6-4-2-3-5-7-17-34-39-33/h9-14,19-21H,2-8,15-18H2,1H3. The van der Waals surface area contributed by atoms with Crippen LogP contribution in [0.5, 0.6) is 0 Å². The van der Waals surface area contributed by atoms with Gasteiger partial charge < -0.3 is 0 Å². The molecule has 1 saturated carbocycles. The number of fused-ring (bicyclic) bond motifs is 4. The molecule has 4 aromatic rings. The summed E-state index contributed by atoms with van der Waals surface area (Å²) < 4.78 is 4.23. The fraction of sp³-hybridized carbons (Fsp3) is 0.419. The van der Waals surface area contributed by atoms with Gasteiger partial charge >= 0.3 is 0 Å². The summed E-state index contributed by atoms with van der Waals surface area (Å²) in [4.78, 5) is 8.16. The lowest BCUT2D eigenvalue weighted by Gasteiger charge is -2.14. The van der Waals surface area contributed by atoms with Crippen LogP contribution in [-0.2, 0) is 12.1 Å². The van der Waals surface area contributed by atoms with Crippen LogP contribution in [-0.4, -0.2) is 36.8 Å². The highest BCUT2D eigenvalue weighted by molar-refractivity contribution is 6.30. The van der Waals surface area contributed by atoms with E-state index in [1.54, 1.807) is 0 Å². The molecule has 0 atom stereocenters. The Bertz CT molecular complexity index is 1600. The van der Waals surface area contributed by atoms with Gasteiger partial charge in [-0.3, -0.25) is 14.2 Å². The molecule has 210 valence electrons. The van der Waals surface area contributed by atoms with E-state index in [2.05, 4.69) is 59.0 Å². The Hall–Kier alpha value is -3.94. The summed E-state index contributed by atoms with van der Waals surface area (Å²) in [5.41, 5.74) is 14.3. The number of benzene rings is 2. The first-order valence-electron chi connectivity index (χ1n) is 14.5. The molecule has 0 N–H and O–H groups in total. The van der Waals surface area contributed by atoms with Crippen LogP contribution in [0.3, 0.4) is 0 Å². The third-order valence-electron chi connectivity index (χ3n) is 8.08. The summed E-state index contributed by atoms with van der Waals surface area (Å²) in [6.07, 6.45) is 14.1. The van der Waals surface area contributed by atoms with Crippen molar-refractivity contribution in [3.63, 3.8) is 0 Å². The summed E-state index contributed by atoms with van der Waals surface area (Å²) in [7, 11) is 0. The van der Waals surface area contributed by atoms with Gasteiger partial charge in [0.25, 0.3) is 0 Å². The molecule has 1 aliphatic carbocycles. The molecule has 10 heteroatoms. The highest BCUT2D eigenvalue weighted by atomic mass is 35.5. The highest BCUT2D eigenvalue weighted by Crippen LogP contribution is 2.51. The number of unbranched alkanes of at least 4 members (excludes halogenated alkanes) is 6. The Morgan fingerprint density at radius 1 is 0.927 bits per heavy atom. The van der Waals surface area contributed by atoms with Crippen molar-refractivity contribution in [3.05, 3.63) is 93.1 Å². The Morgan fingerprint density at radius 2 is 1.66 bits per heavy atom. The number of aryl methyl sites for hydroxylation is 2. The minimum atomic E-state index is -0.327. The van der Waals surface area contributed by atoms with Crippen molar-refractivity contribution in [1.29, 1.82) is 0 Å². The Labute approximate surface area is 244 Å². The summed E-state index contributed by atoms with van der Waals surface area (Å²) in [5, 5.41) is 18.0. The average molecular weight is 568 g/mol. The van der Waals surface area contributed by atoms with Crippen LogP contribution in [0.25, 0.3) is 27.3 Å². The fourth-order valence-corrected chi connectivity index (χ4v) is 5.80. The van der Waals surface area contributed by atoms with Gasteiger partial charge in [0, 0.05) is 45.9 Å². The summed E-state index contributed by atoms with van der Waals surface area (Å²) in [5.74, 6) is 1.79. The van der Waals surface area contributed by atoms with E-state index in [0.717, 1.165) is 84.0 Å². The topological polar surface area (TPSA) is 110 Å². The van der Waals surface area contributed by atoms with Gasteiger partial charge in [0.1, 0.15) is 11.4 Å². The molecule has 0 amide bonds. The molecule has 1 fully saturated rings. The predicted octanol–water partition coefficient (Wildman–Crippen LogP) is 7.97. The van der Waals surface area contributed by atoms with Crippen LogP contribution >= 0.6 is 11.6 Å².